The number of nitrogens with zero attached hydrogens (tertiary/aromatic N) is 1. The van der Waals surface area contributed by atoms with E-state index in [0.29, 0.717) is 36.8 Å². The SMILES string of the molecule is C[NH+](C)CCCN1C(=O)C(=O)C(=C(O)c2ccc3c(c2)OCCO3)[C@H]1c1ccccc1. The summed E-state index contributed by atoms with van der Waals surface area (Å²) >= 11 is 0. The highest BCUT2D eigenvalue weighted by molar-refractivity contribution is 6.46. The molecule has 2 aliphatic heterocycles. The number of benzene rings is 2. The largest absolute Gasteiger partial charge is 0.507 e. The Kier molecular flexibility index (Phi) is 5.95. The zero-order valence-corrected chi connectivity index (χ0v) is 17.8. The maximum atomic E-state index is 13.0. The van der Waals surface area contributed by atoms with Crippen LogP contribution in [0.1, 0.15) is 23.6 Å². The molecule has 0 unspecified atom stereocenters. The number of ether oxygens (including phenoxy) is 2. The highest BCUT2D eigenvalue weighted by Crippen LogP contribution is 2.41. The molecule has 7 nitrogen and oxygen atoms in total. The maximum Gasteiger partial charge on any atom is 0.295 e. The van der Waals surface area contributed by atoms with Crippen molar-refractivity contribution in [3.63, 3.8) is 0 Å². The molecule has 4 rings (SSSR count). The average molecular weight is 423 g/mol. The number of Topliss-reactive ketones (excluding diaryl/α,β-unsaturated/α-hetero) is 1. The van der Waals surface area contributed by atoms with Crippen LogP contribution >= 0.6 is 0 Å². The van der Waals surface area contributed by atoms with E-state index in [2.05, 4.69) is 0 Å². The first-order valence-electron chi connectivity index (χ1n) is 10.5. The Morgan fingerprint density at radius 1 is 1.06 bits per heavy atom. The van der Waals surface area contributed by atoms with E-state index in [9.17, 15) is 14.7 Å². The molecule has 1 amide bonds. The Balaban J connectivity index is 1.76. The second-order valence-corrected chi connectivity index (χ2v) is 8.07. The minimum atomic E-state index is -0.668. The molecule has 0 aliphatic carbocycles. The summed E-state index contributed by atoms with van der Waals surface area (Å²) in [5, 5.41) is 11.2. The second kappa shape index (κ2) is 8.81. The first-order chi connectivity index (χ1) is 15.0. The lowest BCUT2D eigenvalue weighted by molar-refractivity contribution is -0.858. The van der Waals surface area contributed by atoms with E-state index >= 15 is 0 Å². The third-order valence-corrected chi connectivity index (χ3v) is 5.55. The second-order valence-electron chi connectivity index (χ2n) is 8.07. The monoisotopic (exact) mass is 423 g/mol. The lowest BCUT2D eigenvalue weighted by Gasteiger charge is -2.25. The van der Waals surface area contributed by atoms with Crippen molar-refractivity contribution in [1.82, 2.24) is 4.90 Å². The summed E-state index contributed by atoms with van der Waals surface area (Å²) in [7, 11) is 4.09. The number of nitrogens with one attached hydrogen (secondary N) is 1. The van der Waals surface area contributed by atoms with Crippen molar-refractivity contribution in [3.8, 4) is 11.5 Å². The molecule has 2 N–H and O–H groups in total. The van der Waals surface area contributed by atoms with Crippen molar-refractivity contribution >= 4 is 17.4 Å². The quantitative estimate of drug-likeness (QED) is 0.417. The Morgan fingerprint density at radius 2 is 1.77 bits per heavy atom. The molecule has 2 aromatic rings. The lowest BCUT2D eigenvalue weighted by Crippen LogP contribution is -3.05. The number of ketones is 1. The van der Waals surface area contributed by atoms with Crippen LogP contribution in [0, 0.1) is 0 Å². The highest BCUT2D eigenvalue weighted by Gasteiger charge is 2.45. The molecule has 2 aromatic carbocycles. The molecular weight excluding hydrogens is 396 g/mol. The molecular formula is C24H27N2O5+. The normalized spacial score (nSPS) is 19.8. The zero-order chi connectivity index (χ0) is 22.0. The minimum Gasteiger partial charge on any atom is -0.507 e. The van der Waals surface area contributed by atoms with E-state index < -0.39 is 17.7 Å². The van der Waals surface area contributed by atoms with Crippen molar-refractivity contribution in [2.24, 2.45) is 0 Å². The van der Waals surface area contributed by atoms with Crippen LogP contribution in [0.2, 0.25) is 0 Å². The number of amides is 1. The molecule has 1 saturated heterocycles. The summed E-state index contributed by atoms with van der Waals surface area (Å²) in [5.74, 6) is -0.353. The fraction of sp³-hybridized carbons (Fsp3) is 0.333. The molecule has 2 heterocycles. The highest BCUT2D eigenvalue weighted by atomic mass is 16.6. The van der Waals surface area contributed by atoms with E-state index in [-0.39, 0.29) is 11.3 Å². The van der Waals surface area contributed by atoms with Crippen molar-refractivity contribution in [2.75, 3.05) is 40.4 Å². The number of fused-ring (bicyclic) bond motifs is 1. The number of likely N-dealkylation sites (tertiary alicyclic amines) is 1. The third-order valence-electron chi connectivity index (χ3n) is 5.55. The van der Waals surface area contributed by atoms with E-state index in [1.807, 2.05) is 44.4 Å². The summed E-state index contributed by atoms with van der Waals surface area (Å²) in [6.07, 6.45) is 0.753. The Bertz CT molecular complexity index is 1020. The van der Waals surface area contributed by atoms with Crippen molar-refractivity contribution in [3.05, 3.63) is 65.2 Å². The van der Waals surface area contributed by atoms with Gasteiger partial charge >= 0.3 is 0 Å². The fourth-order valence-electron chi connectivity index (χ4n) is 4.04. The first kappa shape index (κ1) is 20.9. The standard InChI is InChI=1S/C24H26N2O5/c1-25(2)11-6-12-26-21(16-7-4-3-5-8-16)20(23(28)24(26)29)22(27)17-9-10-18-19(15-17)31-14-13-30-18/h3-5,7-10,15,21,27H,6,11-14H2,1-2H3/p+1/t21-/m1/s1. The maximum absolute atomic E-state index is 13.0. The number of quaternary nitrogens is 1. The summed E-state index contributed by atoms with van der Waals surface area (Å²) in [6.45, 7) is 2.19. The van der Waals surface area contributed by atoms with E-state index in [1.54, 1.807) is 23.1 Å². The Labute approximate surface area is 181 Å². The van der Waals surface area contributed by atoms with Gasteiger partial charge in [0.15, 0.2) is 11.5 Å². The van der Waals surface area contributed by atoms with Gasteiger partial charge < -0.3 is 24.4 Å². The van der Waals surface area contributed by atoms with Gasteiger partial charge in [-0.15, -0.1) is 0 Å². The van der Waals surface area contributed by atoms with E-state index in [4.69, 9.17) is 9.47 Å². The topological polar surface area (TPSA) is 80.5 Å². The van der Waals surface area contributed by atoms with Crippen molar-refractivity contribution in [1.29, 1.82) is 0 Å². The lowest BCUT2D eigenvalue weighted by atomic mass is 9.95. The average Bonchev–Trinajstić information content (AvgIpc) is 3.03. The molecule has 7 heteroatoms. The smallest absolute Gasteiger partial charge is 0.295 e. The third kappa shape index (κ3) is 4.14. The van der Waals surface area contributed by atoms with E-state index in [1.165, 1.54) is 4.90 Å². The van der Waals surface area contributed by atoms with Gasteiger partial charge in [-0.3, -0.25) is 9.59 Å². The van der Waals surface area contributed by atoms with Gasteiger partial charge in [-0.25, -0.2) is 0 Å². The van der Waals surface area contributed by atoms with Gasteiger partial charge in [0, 0.05) is 18.5 Å². The number of rotatable bonds is 6. The molecule has 1 atom stereocenters. The molecule has 0 radical (unpaired) electrons. The van der Waals surface area contributed by atoms with Gasteiger partial charge in [0.1, 0.15) is 19.0 Å². The van der Waals surface area contributed by atoms with Crippen LogP contribution < -0.4 is 14.4 Å². The molecule has 0 saturated carbocycles. The predicted octanol–water partition coefficient (Wildman–Crippen LogP) is 1.41. The van der Waals surface area contributed by atoms with Gasteiger partial charge in [-0.1, -0.05) is 30.3 Å². The summed E-state index contributed by atoms with van der Waals surface area (Å²) < 4.78 is 11.1. The zero-order valence-electron chi connectivity index (χ0n) is 17.8. The minimum absolute atomic E-state index is 0.102. The van der Waals surface area contributed by atoms with Crippen molar-refractivity contribution < 1.29 is 29.1 Å². The van der Waals surface area contributed by atoms with Crippen LogP contribution in [0.25, 0.3) is 5.76 Å². The first-order valence-corrected chi connectivity index (χ1v) is 10.5. The Hall–Kier alpha value is -3.32. The van der Waals surface area contributed by atoms with Gasteiger partial charge in [0.05, 0.1) is 32.3 Å². The predicted molar refractivity (Wildman–Crippen MR) is 115 cm³/mol. The van der Waals surface area contributed by atoms with Gasteiger partial charge in [0.2, 0.25) is 0 Å². The molecule has 162 valence electrons. The molecule has 1 fully saturated rings. The molecule has 2 aliphatic rings. The molecule has 31 heavy (non-hydrogen) atoms. The number of hydrogen-bond acceptors (Lipinski definition) is 5. The van der Waals surface area contributed by atoms with Gasteiger partial charge in [-0.05, 0) is 23.8 Å². The van der Waals surface area contributed by atoms with Gasteiger partial charge in [0.25, 0.3) is 11.7 Å². The summed E-state index contributed by atoms with van der Waals surface area (Å²) in [5.41, 5.74) is 1.31. The number of hydrogen-bond donors (Lipinski definition) is 2. The molecule has 0 aromatic heterocycles. The number of carbonyl (C=O) groups excluding carboxylic acids is 2. The van der Waals surface area contributed by atoms with E-state index in [0.717, 1.165) is 18.5 Å². The van der Waals surface area contributed by atoms with Crippen LogP contribution in [0.3, 0.4) is 0 Å². The number of carbonyl (C=O) groups is 2. The van der Waals surface area contributed by atoms with Crippen molar-refractivity contribution in [2.45, 2.75) is 12.5 Å². The Morgan fingerprint density at radius 3 is 2.48 bits per heavy atom. The van der Waals surface area contributed by atoms with Gasteiger partial charge in [-0.2, -0.15) is 0 Å². The van der Waals surface area contributed by atoms with Crippen LogP contribution in [-0.2, 0) is 9.59 Å². The van der Waals surface area contributed by atoms with Crippen LogP contribution in [0.4, 0.5) is 0 Å². The number of aliphatic hydroxyl groups excluding tert-OH is 1. The molecule has 0 spiro atoms. The molecule has 0 bridgehead atoms. The number of aliphatic hydroxyl groups is 1. The van der Waals surface area contributed by atoms with Crippen LogP contribution in [0.5, 0.6) is 11.5 Å². The van der Waals surface area contributed by atoms with Crippen LogP contribution in [0.15, 0.2) is 54.1 Å². The summed E-state index contributed by atoms with van der Waals surface area (Å²) in [6, 6.07) is 13.8. The van der Waals surface area contributed by atoms with Crippen LogP contribution in [-0.4, -0.2) is 62.1 Å². The summed E-state index contributed by atoms with van der Waals surface area (Å²) in [4.78, 5) is 28.8. The fourth-order valence-corrected chi connectivity index (χ4v) is 4.04.